The third-order valence-corrected chi connectivity index (χ3v) is 8.26. The highest BCUT2D eigenvalue weighted by atomic mass is 35.5. The summed E-state index contributed by atoms with van der Waals surface area (Å²) in [4.78, 5) is 14.5. The minimum Gasteiger partial charge on any atom is -0.348 e. The molecule has 0 unspecified atom stereocenters. The number of rotatable bonds is 6. The Hall–Kier alpha value is -3.22. The van der Waals surface area contributed by atoms with Crippen molar-refractivity contribution >= 4 is 43.8 Å². The molecule has 4 aromatic rings. The molecule has 0 aliphatic carbocycles. The molecule has 0 radical (unpaired) electrons. The monoisotopic (exact) mass is 551 g/mol. The first-order chi connectivity index (χ1) is 17.2. The summed E-state index contributed by atoms with van der Waals surface area (Å²) in [7, 11) is -4.78. The van der Waals surface area contributed by atoms with Crippen LogP contribution in [0.25, 0.3) is 21.8 Å². The van der Waals surface area contributed by atoms with Gasteiger partial charge in [0, 0.05) is 24.8 Å². The summed E-state index contributed by atoms with van der Waals surface area (Å²) in [6.45, 7) is 1.67. The summed E-state index contributed by atoms with van der Waals surface area (Å²) in [5, 5.41) is 0.765. The molecule has 0 saturated carbocycles. The predicted octanol–water partition coefficient (Wildman–Crippen LogP) is 5.74. The highest BCUT2D eigenvalue weighted by molar-refractivity contribution is 7.92. The van der Waals surface area contributed by atoms with E-state index in [1.807, 2.05) is 4.72 Å². The second-order valence-electron chi connectivity index (χ2n) is 7.93. The average molecular weight is 552 g/mol. The molecular formula is C23H17ClF3N5O2S2. The number of hydrogen-bond acceptors (Lipinski definition) is 7. The van der Waals surface area contributed by atoms with E-state index in [9.17, 15) is 21.6 Å². The zero-order valence-corrected chi connectivity index (χ0v) is 20.8. The van der Waals surface area contributed by atoms with E-state index >= 15 is 0 Å². The number of nitrogens with one attached hydrogen (secondary N) is 1. The molecular weight excluding hydrogens is 535 g/mol. The summed E-state index contributed by atoms with van der Waals surface area (Å²) in [5.41, 5.74) is 0.800. The van der Waals surface area contributed by atoms with Gasteiger partial charge in [-0.25, -0.2) is 36.5 Å². The standard InChI is InChI=1S/C23H17ClF3N5O2S2/c24-22-28-9-8-17(29-22)20-19(30-23(35-20)32-10-1-2-11-32)13-6-7-14(25)18(12-13)31-36(33,34)21-15(26)4-3-5-16(21)27/h3-9,12,31H,1-2,10-11H2. The van der Waals surface area contributed by atoms with Crippen LogP contribution >= 0.6 is 22.9 Å². The summed E-state index contributed by atoms with van der Waals surface area (Å²) in [5.74, 6) is -3.52. The van der Waals surface area contributed by atoms with Gasteiger partial charge in [-0.2, -0.15) is 0 Å². The average Bonchev–Trinajstić information content (AvgIpc) is 3.50. The maximum Gasteiger partial charge on any atom is 0.267 e. The van der Waals surface area contributed by atoms with E-state index in [1.165, 1.54) is 29.7 Å². The van der Waals surface area contributed by atoms with Gasteiger partial charge in [0.15, 0.2) is 10.0 Å². The molecule has 1 aliphatic heterocycles. The SMILES string of the molecule is O=S(=O)(Nc1cc(-c2nc(N3CCCC3)sc2-c2ccnc(Cl)n2)ccc1F)c1c(F)cccc1F. The Labute approximate surface area is 213 Å². The van der Waals surface area contributed by atoms with Gasteiger partial charge in [0.2, 0.25) is 5.28 Å². The first-order valence-electron chi connectivity index (χ1n) is 10.7. The highest BCUT2D eigenvalue weighted by Crippen LogP contribution is 2.41. The molecule has 1 fully saturated rings. The molecule has 2 aromatic carbocycles. The van der Waals surface area contributed by atoms with Crippen molar-refractivity contribution in [3.8, 4) is 21.8 Å². The van der Waals surface area contributed by atoms with Crippen LogP contribution in [-0.4, -0.2) is 36.5 Å². The number of hydrogen-bond donors (Lipinski definition) is 1. The Morgan fingerprint density at radius 2 is 1.69 bits per heavy atom. The predicted molar refractivity (Wildman–Crippen MR) is 132 cm³/mol. The van der Waals surface area contributed by atoms with Crippen molar-refractivity contribution in [1.82, 2.24) is 15.0 Å². The molecule has 7 nitrogen and oxygen atoms in total. The second-order valence-corrected chi connectivity index (χ2v) is 10.9. The lowest BCUT2D eigenvalue weighted by atomic mass is 10.1. The number of halogens is 4. The van der Waals surface area contributed by atoms with Crippen LogP contribution in [0.4, 0.5) is 24.0 Å². The topological polar surface area (TPSA) is 88.1 Å². The summed E-state index contributed by atoms with van der Waals surface area (Å²) < 4.78 is 70.4. The van der Waals surface area contributed by atoms with E-state index in [4.69, 9.17) is 16.6 Å². The quantitative estimate of drug-likeness (QED) is 0.308. The Kier molecular flexibility index (Phi) is 6.58. The molecule has 13 heteroatoms. The lowest BCUT2D eigenvalue weighted by Crippen LogP contribution is -2.17. The zero-order valence-electron chi connectivity index (χ0n) is 18.4. The smallest absolute Gasteiger partial charge is 0.267 e. The molecule has 0 amide bonds. The lowest BCUT2D eigenvalue weighted by molar-refractivity contribution is 0.521. The minimum atomic E-state index is -4.78. The molecule has 36 heavy (non-hydrogen) atoms. The van der Waals surface area contributed by atoms with Crippen molar-refractivity contribution < 1.29 is 21.6 Å². The first-order valence-corrected chi connectivity index (χ1v) is 13.4. The number of thiazole rings is 1. The molecule has 1 aliphatic rings. The Bertz CT molecular complexity index is 1540. The summed E-state index contributed by atoms with van der Waals surface area (Å²) in [6.07, 6.45) is 3.55. The zero-order chi connectivity index (χ0) is 25.4. The molecule has 0 spiro atoms. The van der Waals surface area contributed by atoms with Crippen LogP contribution in [0.5, 0.6) is 0 Å². The number of nitrogens with zero attached hydrogens (tertiary/aromatic N) is 4. The van der Waals surface area contributed by atoms with Crippen molar-refractivity contribution in [3.05, 3.63) is 71.4 Å². The molecule has 2 aromatic heterocycles. The van der Waals surface area contributed by atoms with Gasteiger partial charge >= 0.3 is 0 Å². The molecule has 186 valence electrons. The van der Waals surface area contributed by atoms with Gasteiger partial charge in [-0.15, -0.1) is 0 Å². The molecule has 0 atom stereocenters. The third-order valence-electron chi connectivity index (χ3n) is 5.52. The van der Waals surface area contributed by atoms with Crippen molar-refractivity contribution in [2.24, 2.45) is 0 Å². The van der Waals surface area contributed by atoms with E-state index in [2.05, 4.69) is 14.9 Å². The fraction of sp³-hybridized carbons (Fsp3) is 0.174. The lowest BCUT2D eigenvalue weighted by Gasteiger charge is -2.12. The number of sulfonamides is 1. The van der Waals surface area contributed by atoms with Crippen LogP contribution in [0.2, 0.25) is 5.28 Å². The molecule has 5 rings (SSSR count). The van der Waals surface area contributed by atoms with Gasteiger partial charge in [-0.3, -0.25) is 4.72 Å². The van der Waals surface area contributed by atoms with E-state index in [0.717, 1.165) is 55.3 Å². The van der Waals surface area contributed by atoms with Crippen LogP contribution in [-0.2, 0) is 10.0 Å². The van der Waals surface area contributed by atoms with Crippen LogP contribution in [0.3, 0.4) is 0 Å². The highest BCUT2D eigenvalue weighted by Gasteiger charge is 2.26. The van der Waals surface area contributed by atoms with Gasteiger partial charge in [0.05, 0.1) is 22.0 Å². The Balaban J connectivity index is 1.59. The van der Waals surface area contributed by atoms with Gasteiger partial charge in [0.25, 0.3) is 10.0 Å². The number of aromatic nitrogens is 3. The largest absolute Gasteiger partial charge is 0.348 e. The normalized spacial score (nSPS) is 13.8. The fourth-order valence-electron chi connectivity index (χ4n) is 3.87. The molecule has 0 bridgehead atoms. The van der Waals surface area contributed by atoms with Crippen molar-refractivity contribution in [2.45, 2.75) is 17.7 Å². The second kappa shape index (κ2) is 9.68. The van der Waals surface area contributed by atoms with Gasteiger partial charge in [-0.05, 0) is 60.8 Å². The van der Waals surface area contributed by atoms with Gasteiger partial charge < -0.3 is 4.90 Å². The summed E-state index contributed by atoms with van der Waals surface area (Å²) >= 11 is 7.37. The first kappa shape index (κ1) is 24.5. The van der Waals surface area contributed by atoms with E-state index in [1.54, 1.807) is 6.07 Å². The number of anilines is 2. The van der Waals surface area contributed by atoms with E-state index in [0.29, 0.717) is 21.8 Å². The maximum absolute atomic E-state index is 14.7. The van der Waals surface area contributed by atoms with Crippen LogP contribution < -0.4 is 9.62 Å². The van der Waals surface area contributed by atoms with Crippen molar-refractivity contribution in [3.63, 3.8) is 0 Å². The third kappa shape index (κ3) is 4.75. The molecule has 1 saturated heterocycles. The van der Waals surface area contributed by atoms with Crippen LogP contribution in [0, 0.1) is 17.5 Å². The van der Waals surface area contributed by atoms with E-state index in [-0.39, 0.29) is 5.28 Å². The van der Waals surface area contributed by atoms with Gasteiger partial charge in [0.1, 0.15) is 17.5 Å². The van der Waals surface area contributed by atoms with Crippen LogP contribution in [0.15, 0.2) is 53.6 Å². The van der Waals surface area contributed by atoms with Crippen LogP contribution in [0.1, 0.15) is 12.8 Å². The fourth-order valence-corrected chi connectivity index (χ4v) is 6.32. The summed E-state index contributed by atoms with van der Waals surface area (Å²) in [6, 6.07) is 8.01. The molecule has 3 heterocycles. The van der Waals surface area contributed by atoms with Crippen molar-refractivity contribution in [1.29, 1.82) is 0 Å². The Morgan fingerprint density at radius 3 is 2.39 bits per heavy atom. The van der Waals surface area contributed by atoms with Gasteiger partial charge in [-0.1, -0.05) is 17.4 Å². The Morgan fingerprint density at radius 1 is 0.972 bits per heavy atom. The molecule has 1 N–H and O–H groups in total. The maximum atomic E-state index is 14.7. The van der Waals surface area contributed by atoms with E-state index < -0.39 is 38.1 Å². The van der Waals surface area contributed by atoms with Crippen molar-refractivity contribution in [2.75, 3.05) is 22.7 Å². The minimum absolute atomic E-state index is 0.0362. The number of benzene rings is 2.